The Morgan fingerprint density at radius 3 is 2.64 bits per heavy atom. The maximum absolute atomic E-state index is 12.4. The lowest BCUT2D eigenvalue weighted by atomic mass is 10.1. The summed E-state index contributed by atoms with van der Waals surface area (Å²) < 4.78 is 0. The van der Waals surface area contributed by atoms with Crippen molar-refractivity contribution in [2.75, 3.05) is 5.32 Å². The summed E-state index contributed by atoms with van der Waals surface area (Å²) in [6.07, 6.45) is 0.0737. The van der Waals surface area contributed by atoms with E-state index in [0.29, 0.717) is 5.17 Å². The fourth-order valence-electron chi connectivity index (χ4n) is 2.70. The molecule has 0 spiro atoms. The molecular formula is C21H22N4O2S. The molecule has 0 bridgehead atoms. The van der Waals surface area contributed by atoms with Crippen LogP contribution in [0, 0.1) is 13.8 Å². The number of benzene rings is 2. The Kier molecular flexibility index (Phi) is 6.26. The van der Waals surface area contributed by atoms with Crippen LogP contribution in [-0.4, -0.2) is 27.9 Å². The van der Waals surface area contributed by atoms with Gasteiger partial charge in [-0.25, -0.2) is 0 Å². The average Bonchev–Trinajstić information content (AvgIpc) is 3.03. The number of aryl methyl sites for hydroxylation is 1. The van der Waals surface area contributed by atoms with Crippen LogP contribution in [-0.2, 0) is 9.59 Å². The van der Waals surface area contributed by atoms with Crippen molar-refractivity contribution in [1.29, 1.82) is 0 Å². The molecule has 0 aromatic heterocycles. The van der Waals surface area contributed by atoms with Gasteiger partial charge in [-0.05, 0) is 43.5 Å². The Bertz CT molecular complexity index is 954. The minimum Gasteiger partial charge on any atom is -0.326 e. The van der Waals surface area contributed by atoms with Crippen LogP contribution in [0.2, 0.25) is 0 Å². The number of carbonyl (C=O) groups excluding carboxylic acids is 2. The van der Waals surface area contributed by atoms with Gasteiger partial charge in [-0.1, -0.05) is 54.2 Å². The molecule has 0 radical (unpaired) electrons. The van der Waals surface area contributed by atoms with Gasteiger partial charge < -0.3 is 10.6 Å². The van der Waals surface area contributed by atoms with E-state index >= 15 is 0 Å². The van der Waals surface area contributed by atoms with E-state index in [0.717, 1.165) is 28.1 Å². The molecule has 2 aromatic carbocycles. The first kappa shape index (κ1) is 19.8. The van der Waals surface area contributed by atoms with Crippen LogP contribution in [0.25, 0.3) is 0 Å². The highest BCUT2D eigenvalue weighted by molar-refractivity contribution is 8.15. The Labute approximate surface area is 168 Å². The predicted octanol–water partition coefficient (Wildman–Crippen LogP) is 3.64. The minimum absolute atomic E-state index is 0.0737. The molecule has 1 fully saturated rings. The quantitative estimate of drug-likeness (QED) is 0.600. The van der Waals surface area contributed by atoms with E-state index < -0.39 is 5.25 Å². The van der Waals surface area contributed by atoms with Crippen molar-refractivity contribution in [2.45, 2.75) is 32.4 Å². The number of nitrogens with one attached hydrogen (secondary N) is 2. The van der Waals surface area contributed by atoms with E-state index in [-0.39, 0.29) is 18.2 Å². The first-order valence-corrected chi connectivity index (χ1v) is 9.83. The number of amidine groups is 1. The lowest BCUT2D eigenvalue weighted by Crippen LogP contribution is -2.28. The summed E-state index contributed by atoms with van der Waals surface area (Å²) >= 11 is 1.22. The molecular weight excluding hydrogens is 372 g/mol. The van der Waals surface area contributed by atoms with Crippen LogP contribution in [0.4, 0.5) is 5.69 Å². The minimum atomic E-state index is -0.518. The summed E-state index contributed by atoms with van der Waals surface area (Å²) in [5, 5.41) is 13.8. The average molecular weight is 395 g/mol. The zero-order chi connectivity index (χ0) is 20.1. The number of rotatable bonds is 5. The first-order valence-electron chi connectivity index (χ1n) is 8.95. The second kappa shape index (κ2) is 8.84. The second-order valence-electron chi connectivity index (χ2n) is 6.55. The summed E-state index contributed by atoms with van der Waals surface area (Å²) in [5.74, 6) is -0.431. The number of amides is 2. The van der Waals surface area contributed by atoms with Crippen molar-refractivity contribution < 1.29 is 9.59 Å². The summed E-state index contributed by atoms with van der Waals surface area (Å²) in [6.45, 7) is 5.81. The van der Waals surface area contributed by atoms with Gasteiger partial charge in [0.1, 0.15) is 5.25 Å². The zero-order valence-electron chi connectivity index (χ0n) is 16.0. The molecule has 2 N–H and O–H groups in total. The molecule has 1 unspecified atom stereocenters. The normalized spacial score (nSPS) is 18.2. The third-order valence-corrected chi connectivity index (χ3v) is 5.58. The third-order valence-electron chi connectivity index (χ3n) is 4.51. The number of hydrogen-bond acceptors (Lipinski definition) is 5. The Balaban J connectivity index is 1.61. The van der Waals surface area contributed by atoms with Gasteiger partial charge in [-0.2, -0.15) is 5.10 Å². The SMILES string of the molecule is C/C(=N\N=C1\NC(=O)C(CC(=O)Nc2cccc(C)c2C)S1)c1ccccc1. The van der Waals surface area contributed by atoms with Crippen LogP contribution in [0.3, 0.4) is 0 Å². The van der Waals surface area contributed by atoms with Crippen molar-refractivity contribution in [1.82, 2.24) is 5.32 Å². The van der Waals surface area contributed by atoms with Crippen molar-refractivity contribution in [3.8, 4) is 0 Å². The number of nitrogens with zero attached hydrogens (tertiary/aromatic N) is 2. The van der Waals surface area contributed by atoms with Gasteiger partial charge in [-0.3, -0.25) is 9.59 Å². The molecule has 1 aliphatic rings. The molecule has 2 amide bonds. The van der Waals surface area contributed by atoms with Crippen molar-refractivity contribution in [3.05, 3.63) is 65.2 Å². The molecule has 6 nitrogen and oxygen atoms in total. The number of anilines is 1. The third kappa shape index (κ3) is 4.86. The molecule has 0 aliphatic carbocycles. The topological polar surface area (TPSA) is 82.9 Å². The smallest absolute Gasteiger partial charge is 0.240 e. The summed E-state index contributed by atoms with van der Waals surface area (Å²) in [7, 11) is 0. The lowest BCUT2D eigenvalue weighted by molar-refractivity contribution is -0.122. The number of hydrogen-bond donors (Lipinski definition) is 2. The summed E-state index contributed by atoms with van der Waals surface area (Å²) in [5.41, 5.74) is 4.61. The van der Waals surface area contributed by atoms with Crippen molar-refractivity contribution >= 4 is 40.1 Å². The van der Waals surface area contributed by atoms with Crippen LogP contribution in [0.15, 0.2) is 58.7 Å². The monoisotopic (exact) mass is 394 g/mol. The van der Waals surface area contributed by atoms with Crippen molar-refractivity contribution in [2.24, 2.45) is 10.2 Å². The highest BCUT2D eigenvalue weighted by atomic mass is 32.2. The zero-order valence-corrected chi connectivity index (χ0v) is 16.8. The Morgan fingerprint density at radius 2 is 1.89 bits per heavy atom. The summed E-state index contributed by atoms with van der Waals surface area (Å²) in [4.78, 5) is 24.5. The standard InChI is InChI=1S/C21H22N4O2S/c1-13-8-7-11-17(14(13)2)22-19(26)12-18-20(27)23-21(28-18)25-24-15(3)16-9-5-4-6-10-16/h4-11,18H,12H2,1-3H3,(H,22,26)(H,23,25,27)/b24-15+. The fraction of sp³-hybridized carbons (Fsp3) is 0.238. The molecule has 1 aliphatic heterocycles. The highest BCUT2D eigenvalue weighted by Crippen LogP contribution is 2.24. The van der Waals surface area contributed by atoms with E-state index in [2.05, 4.69) is 20.8 Å². The number of thioether (sulfide) groups is 1. The highest BCUT2D eigenvalue weighted by Gasteiger charge is 2.32. The van der Waals surface area contributed by atoms with Crippen LogP contribution >= 0.6 is 11.8 Å². The van der Waals surface area contributed by atoms with Gasteiger partial charge >= 0.3 is 0 Å². The molecule has 0 saturated carbocycles. The Hall–Kier alpha value is -2.93. The molecule has 2 aromatic rings. The molecule has 3 rings (SSSR count). The van der Waals surface area contributed by atoms with Crippen LogP contribution in [0.5, 0.6) is 0 Å². The molecule has 144 valence electrons. The van der Waals surface area contributed by atoms with Crippen molar-refractivity contribution in [3.63, 3.8) is 0 Å². The lowest BCUT2D eigenvalue weighted by Gasteiger charge is -2.11. The van der Waals surface area contributed by atoms with Gasteiger partial charge in [0.25, 0.3) is 0 Å². The van der Waals surface area contributed by atoms with E-state index in [1.165, 1.54) is 11.8 Å². The van der Waals surface area contributed by atoms with E-state index in [1.807, 2.05) is 69.3 Å². The van der Waals surface area contributed by atoms with Crippen LogP contribution in [0.1, 0.15) is 30.0 Å². The largest absolute Gasteiger partial charge is 0.326 e. The van der Waals surface area contributed by atoms with Gasteiger partial charge in [0.05, 0.1) is 5.71 Å². The maximum atomic E-state index is 12.4. The predicted molar refractivity (Wildman–Crippen MR) is 115 cm³/mol. The maximum Gasteiger partial charge on any atom is 0.240 e. The van der Waals surface area contributed by atoms with Gasteiger partial charge in [0, 0.05) is 12.1 Å². The molecule has 1 heterocycles. The fourth-order valence-corrected chi connectivity index (χ4v) is 3.62. The van der Waals surface area contributed by atoms with E-state index in [4.69, 9.17) is 0 Å². The number of carbonyl (C=O) groups is 2. The molecule has 7 heteroatoms. The first-order chi connectivity index (χ1) is 13.4. The van der Waals surface area contributed by atoms with Gasteiger partial charge in [-0.15, -0.1) is 5.10 Å². The molecule has 1 atom stereocenters. The summed E-state index contributed by atoms with van der Waals surface area (Å²) in [6, 6.07) is 15.4. The van der Waals surface area contributed by atoms with E-state index in [1.54, 1.807) is 0 Å². The van der Waals surface area contributed by atoms with Gasteiger partial charge in [0.2, 0.25) is 11.8 Å². The van der Waals surface area contributed by atoms with Crippen LogP contribution < -0.4 is 10.6 Å². The second-order valence-corrected chi connectivity index (χ2v) is 7.74. The Morgan fingerprint density at radius 1 is 1.14 bits per heavy atom. The molecule has 28 heavy (non-hydrogen) atoms. The molecule has 1 saturated heterocycles. The van der Waals surface area contributed by atoms with Gasteiger partial charge in [0.15, 0.2) is 5.17 Å². The van der Waals surface area contributed by atoms with E-state index in [9.17, 15) is 9.59 Å².